The second kappa shape index (κ2) is 4.89. The standard InChI is InChI=1S/C14H26O3/c1-12(2,3)10(15)9-11(16)13(4,5)14(6,7)17-8/h9H2,1-8H3. The van der Waals surface area contributed by atoms with Crippen LogP contribution in [0, 0.1) is 10.8 Å². The highest BCUT2D eigenvalue weighted by atomic mass is 16.5. The number of ketones is 2. The molecule has 0 saturated carbocycles. The Hall–Kier alpha value is -0.700. The molecule has 0 aromatic heterocycles. The lowest BCUT2D eigenvalue weighted by molar-refractivity contribution is -0.147. The molecule has 0 aromatic carbocycles. The molecule has 0 aromatic rings. The molecule has 0 aliphatic rings. The topological polar surface area (TPSA) is 43.4 Å². The first-order chi connectivity index (χ1) is 7.36. The Labute approximate surface area is 105 Å². The van der Waals surface area contributed by atoms with Gasteiger partial charge in [-0.3, -0.25) is 9.59 Å². The Balaban J connectivity index is 4.91. The largest absolute Gasteiger partial charge is 0.378 e. The number of Topliss-reactive ketones (excluding diaryl/α,β-unsaturated/α-hetero) is 2. The summed E-state index contributed by atoms with van der Waals surface area (Å²) in [6.07, 6.45) is -0.0245. The number of hydrogen-bond donors (Lipinski definition) is 0. The predicted octanol–water partition coefficient (Wildman–Crippen LogP) is 3.01. The van der Waals surface area contributed by atoms with Gasteiger partial charge in [0, 0.05) is 12.5 Å². The summed E-state index contributed by atoms with van der Waals surface area (Å²) in [5.74, 6) is -0.0910. The van der Waals surface area contributed by atoms with Crippen LogP contribution in [0.3, 0.4) is 0 Å². The second-order valence-electron chi connectivity index (χ2n) is 6.61. The SMILES string of the molecule is COC(C)(C)C(C)(C)C(=O)CC(=O)C(C)(C)C. The molecule has 3 heteroatoms. The van der Waals surface area contributed by atoms with Crippen molar-refractivity contribution in [2.24, 2.45) is 10.8 Å². The van der Waals surface area contributed by atoms with Crippen LogP contribution in [-0.2, 0) is 14.3 Å². The van der Waals surface area contributed by atoms with E-state index in [1.165, 1.54) is 0 Å². The van der Waals surface area contributed by atoms with E-state index in [0.29, 0.717) is 0 Å². The van der Waals surface area contributed by atoms with Gasteiger partial charge in [-0.05, 0) is 13.8 Å². The van der Waals surface area contributed by atoms with Crippen molar-refractivity contribution in [1.29, 1.82) is 0 Å². The van der Waals surface area contributed by atoms with Gasteiger partial charge in [0.1, 0.15) is 11.6 Å². The lowest BCUT2D eigenvalue weighted by atomic mass is 9.71. The molecule has 3 nitrogen and oxygen atoms in total. The van der Waals surface area contributed by atoms with Gasteiger partial charge in [-0.2, -0.15) is 0 Å². The van der Waals surface area contributed by atoms with Gasteiger partial charge in [0.05, 0.1) is 17.4 Å². The summed E-state index contributed by atoms with van der Waals surface area (Å²) in [6.45, 7) is 12.9. The van der Waals surface area contributed by atoms with Crippen LogP contribution in [0.4, 0.5) is 0 Å². The fraction of sp³-hybridized carbons (Fsp3) is 0.857. The van der Waals surface area contributed by atoms with Gasteiger partial charge in [-0.15, -0.1) is 0 Å². The summed E-state index contributed by atoms with van der Waals surface area (Å²) in [4.78, 5) is 24.1. The van der Waals surface area contributed by atoms with Crippen LogP contribution in [0.15, 0.2) is 0 Å². The maximum absolute atomic E-state index is 12.2. The lowest BCUT2D eigenvalue weighted by Gasteiger charge is -2.39. The van der Waals surface area contributed by atoms with Gasteiger partial charge in [0.25, 0.3) is 0 Å². The average Bonchev–Trinajstić information content (AvgIpc) is 2.15. The highest BCUT2D eigenvalue weighted by molar-refractivity contribution is 6.03. The molecule has 0 heterocycles. The van der Waals surface area contributed by atoms with Crippen molar-refractivity contribution in [2.75, 3.05) is 7.11 Å². The predicted molar refractivity (Wildman–Crippen MR) is 69.0 cm³/mol. The highest BCUT2D eigenvalue weighted by Crippen LogP contribution is 2.36. The number of methoxy groups -OCH3 is 1. The van der Waals surface area contributed by atoms with E-state index < -0.39 is 16.4 Å². The summed E-state index contributed by atoms with van der Waals surface area (Å²) in [6, 6.07) is 0. The molecule has 0 radical (unpaired) electrons. The van der Waals surface area contributed by atoms with Crippen LogP contribution in [0.5, 0.6) is 0 Å². The molecule has 17 heavy (non-hydrogen) atoms. The molecule has 0 atom stereocenters. The minimum atomic E-state index is -0.678. The molecule has 0 amide bonds. The van der Waals surface area contributed by atoms with Crippen LogP contribution >= 0.6 is 0 Å². The van der Waals surface area contributed by atoms with Crippen molar-refractivity contribution in [2.45, 2.75) is 60.5 Å². The molecule has 0 spiro atoms. The van der Waals surface area contributed by atoms with Crippen LogP contribution in [0.2, 0.25) is 0 Å². The van der Waals surface area contributed by atoms with E-state index in [4.69, 9.17) is 4.74 Å². The van der Waals surface area contributed by atoms with Gasteiger partial charge >= 0.3 is 0 Å². The molecule has 100 valence electrons. The molecule has 0 saturated heterocycles. The first-order valence-corrected chi connectivity index (χ1v) is 5.98. The zero-order chi connectivity index (χ0) is 14.1. The third-order valence-corrected chi connectivity index (χ3v) is 3.87. The van der Waals surface area contributed by atoms with Crippen LogP contribution in [-0.4, -0.2) is 24.3 Å². The summed E-state index contributed by atoms with van der Waals surface area (Å²) in [7, 11) is 1.58. The first kappa shape index (κ1) is 16.3. The van der Waals surface area contributed by atoms with Crippen molar-refractivity contribution < 1.29 is 14.3 Å². The molecular formula is C14H26O3. The van der Waals surface area contributed by atoms with E-state index in [2.05, 4.69) is 0 Å². The van der Waals surface area contributed by atoms with Crippen molar-refractivity contribution in [1.82, 2.24) is 0 Å². The molecule has 0 N–H and O–H groups in total. The van der Waals surface area contributed by atoms with E-state index in [-0.39, 0.29) is 18.0 Å². The van der Waals surface area contributed by atoms with Crippen molar-refractivity contribution >= 4 is 11.6 Å². The Morgan fingerprint density at radius 2 is 1.29 bits per heavy atom. The van der Waals surface area contributed by atoms with E-state index in [1.54, 1.807) is 7.11 Å². The number of rotatable bonds is 5. The summed E-state index contributed by atoms with van der Waals surface area (Å²) in [5.41, 5.74) is -1.73. The van der Waals surface area contributed by atoms with Crippen LogP contribution in [0.1, 0.15) is 54.9 Å². The van der Waals surface area contributed by atoms with Gasteiger partial charge < -0.3 is 4.74 Å². The monoisotopic (exact) mass is 242 g/mol. The summed E-state index contributed by atoms with van der Waals surface area (Å²) in [5, 5.41) is 0. The molecule has 0 bridgehead atoms. The highest BCUT2D eigenvalue weighted by Gasteiger charge is 2.44. The number of ether oxygens (including phenoxy) is 1. The second-order valence-corrected chi connectivity index (χ2v) is 6.61. The quantitative estimate of drug-likeness (QED) is 0.696. The fourth-order valence-corrected chi connectivity index (χ4v) is 1.22. The van der Waals surface area contributed by atoms with Gasteiger partial charge in [-0.1, -0.05) is 34.6 Å². The van der Waals surface area contributed by atoms with Gasteiger partial charge in [0.15, 0.2) is 0 Å². The number of carbonyl (C=O) groups is 2. The zero-order valence-electron chi connectivity index (χ0n) is 12.4. The average molecular weight is 242 g/mol. The molecule has 0 rings (SSSR count). The molecule has 0 aliphatic heterocycles. The van der Waals surface area contributed by atoms with E-state index >= 15 is 0 Å². The Morgan fingerprint density at radius 1 is 0.882 bits per heavy atom. The summed E-state index contributed by atoms with van der Waals surface area (Å²) < 4.78 is 5.36. The molecule has 0 fully saturated rings. The Kier molecular flexibility index (Phi) is 4.69. The van der Waals surface area contributed by atoms with Crippen LogP contribution in [0.25, 0.3) is 0 Å². The molecular weight excluding hydrogens is 216 g/mol. The molecule has 0 aliphatic carbocycles. The van der Waals surface area contributed by atoms with Crippen molar-refractivity contribution in [3.8, 4) is 0 Å². The first-order valence-electron chi connectivity index (χ1n) is 5.98. The zero-order valence-corrected chi connectivity index (χ0v) is 12.4. The fourth-order valence-electron chi connectivity index (χ4n) is 1.22. The summed E-state index contributed by atoms with van der Waals surface area (Å²) >= 11 is 0. The van der Waals surface area contributed by atoms with Crippen LogP contribution < -0.4 is 0 Å². The van der Waals surface area contributed by atoms with Crippen molar-refractivity contribution in [3.05, 3.63) is 0 Å². The number of carbonyl (C=O) groups excluding carboxylic acids is 2. The maximum atomic E-state index is 12.2. The third-order valence-electron chi connectivity index (χ3n) is 3.87. The minimum absolute atomic E-state index is 0.0245. The van der Waals surface area contributed by atoms with Gasteiger partial charge in [-0.25, -0.2) is 0 Å². The van der Waals surface area contributed by atoms with Gasteiger partial charge in [0.2, 0.25) is 0 Å². The van der Waals surface area contributed by atoms with E-state index in [9.17, 15) is 9.59 Å². The smallest absolute Gasteiger partial charge is 0.148 e. The van der Waals surface area contributed by atoms with E-state index in [0.717, 1.165) is 0 Å². The van der Waals surface area contributed by atoms with Crippen molar-refractivity contribution in [3.63, 3.8) is 0 Å². The maximum Gasteiger partial charge on any atom is 0.148 e. The Morgan fingerprint density at radius 3 is 1.59 bits per heavy atom. The lowest BCUT2D eigenvalue weighted by Crippen LogP contribution is -2.47. The minimum Gasteiger partial charge on any atom is -0.378 e. The normalized spacial score (nSPS) is 13.6. The Bertz CT molecular complexity index is 306. The number of hydrogen-bond acceptors (Lipinski definition) is 3. The molecule has 0 unspecified atom stereocenters. The van der Waals surface area contributed by atoms with E-state index in [1.807, 2.05) is 48.5 Å². The third kappa shape index (κ3) is 3.63.